The number of aliphatic hydroxyl groups excluding tert-OH is 3. The molecule has 0 spiro atoms. The topological polar surface area (TPSA) is 116 Å². The molecule has 0 aliphatic carbocycles. The van der Waals surface area contributed by atoms with Crippen molar-refractivity contribution in [3.8, 4) is 0 Å². The first-order valence-electron chi connectivity index (χ1n) is 3.61. The van der Waals surface area contributed by atoms with Crippen LogP contribution in [0, 0.1) is 0 Å². The SMILES string of the molecule is C=C(NC(CO)(CO)CO)C(N)=O. The summed E-state index contributed by atoms with van der Waals surface area (Å²) >= 11 is 0. The van der Waals surface area contributed by atoms with Crippen LogP contribution < -0.4 is 11.1 Å². The van der Waals surface area contributed by atoms with Gasteiger partial charge in [-0.05, 0) is 0 Å². The number of nitrogens with one attached hydrogen (secondary N) is 1. The fraction of sp³-hybridized carbons (Fsp3) is 0.571. The predicted octanol–water partition coefficient (Wildman–Crippen LogP) is -2.71. The molecule has 6 heteroatoms. The summed E-state index contributed by atoms with van der Waals surface area (Å²) in [6, 6.07) is 0. The van der Waals surface area contributed by atoms with Gasteiger partial charge in [-0.15, -0.1) is 0 Å². The highest BCUT2D eigenvalue weighted by Crippen LogP contribution is 2.03. The lowest BCUT2D eigenvalue weighted by molar-refractivity contribution is -0.115. The van der Waals surface area contributed by atoms with Crippen molar-refractivity contribution in [2.75, 3.05) is 19.8 Å². The smallest absolute Gasteiger partial charge is 0.264 e. The van der Waals surface area contributed by atoms with Crippen molar-refractivity contribution in [2.45, 2.75) is 5.54 Å². The Hall–Kier alpha value is -1.11. The molecule has 0 aliphatic rings. The Bertz CT molecular complexity index is 192. The standard InChI is InChI=1S/C7H14N2O4/c1-5(6(8)13)9-7(2-10,3-11)4-12/h9-12H,1-4H2,(H2,8,13). The molecule has 0 unspecified atom stereocenters. The van der Waals surface area contributed by atoms with Gasteiger partial charge < -0.3 is 26.4 Å². The number of primary amides is 1. The van der Waals surface area contributed by atoms with Gasteiger partial charge in [0.1, 0.15) is 5.54 Å². The van der Waals surface area contributed by atoms with Crippen LogP contribution in [0.3, 0.4) is 0 Å². The van der Waals surface area contributed by atoms with Crippen LogP contribution >= 0.6 is 0 Å². The largest absolute Gasteiger partial charge is 0.394 e. The monoisotopic (exact) mass is 190 g/mol. The van der Waals surface area contributed by atoms with Gasteiger partial charge in [0, 0.05) is 0 Å². The van der Waals surface area contributed by atoms with E-state index in [2.05, 4.69) is 11.9 Å². The van der Waals surface area contributed by atoms with Crippen molar-refractivity contribution in [3.63, 3.8) is 0 Å². The lowest BCUT2D eigenvalue weighted by Crippen LogP contribution is -2.55. The van der Waals surface area contributed by atoms with E-state index in [0.29, 0.717) is 0 Å². The molecule has 0 aliphatic heterocycles. The number of carbonyl (C=O) groups is 1. The lowest BCUT2D eigenvalue weighted by atomic mass is 10.0. The van der Waals surface area contributed by atoms with Gasteiger partial charge in [0.05, 0.1) is 25.5 Å². The Kier molecular flexibility index (Phi) is 4.39. The molecule has 6 N–H and O–H groups in total. The molecule has 0 radical (unpaired) electrons. The van der Waals surface area contributed by atoms with Gasteiger partial charge in [0.25, 0.3) is 5.91 Å². The van der Waals surface area contributed by atoms with E-state index < -0.39 is 31.3 Å². The minimum Gasteiger partial charge on any atom is -0.394 e. The van der Waals surface area contributed by atoms with Crippen molar-refractivity contribution < 1.29 is 20.1 Å². The van der Waals surface area contributed by atoms with Gasteiger partial charge in [-0.1, -0.05) is 6.58 Å². The zero-order valence-electron chi connectivity index (χ0n) is 7.16. The van der Waals surface area contributed by atoms with E-state index in [0.717, 1.165) is 0 Å². The second-order valence-electron chi connectivity index (χ2n) is 2.72. The van der Waals surface area contributed by atoms with Crippen LogP contribution in [-0.2, 0) is 4.79 Å². The van der Waals surface area contributed by atoms with E-state index in [1.165, 1.54) is 0 Å². The minimum absolute atomic E-state index is 0.169. The number of hydrogen-bond acceptors (Lipinski definition) is 5. The number of nitrogens with two attached hydrogens (primary N) is 1. The number of rotatable bonds is 6. The highest BCUT2D eigenvalue weighted by Gasteiger charge is 2.28. The molecule has 0 heterocycles. The average Bonchev–Trinajstić information content (AvgIpc) is 2.14. The summed E-state index contributed by atoms with van der Waals surface area (Å²) in [4.78, 5) is 10.5. The Morgan fingerprint density at radius 1 is 1.31 bits per heavy atom. The second kappa shape index (κ2) is 4.80. The Morgan fingerprint density at radius 3 is 1.92 bits per heavy atom. The van der Waals surface area contributed by atoms with Crippen molar-refractivity contribution in [2.24, 2.45) is 5.73 Å². The van der Waals surface area contributed by atoms with Crippen LogP contribution in [-0.4, -0.2) is 46.6 Å². The highest BCUT2D eigenvalue weighted by molar-refractivity contribution is 5.90. The molecular formula is C7H14N2O4. The Balaban J connectivity index is 4.42. The molecule has 1 amide bonds. The molecule has 0 aromatic rings. The van der Waals surface area contributed by atoms with Crippen molar-refractivity contribution in [1.82, 2.24) is 5.32 Å². The van der Waals surface area contributed by atoms with Gasteiger partial charge >= 0.3 is 0 Å². The number of hydrogen-bond donors (Lipinski definition) is 5. The summed E-state index contributed by atoms with van der Waals surface area (Å²) in [7, 11) is 0. The van der Waals surface area contributed by atoms with Crippen LogP contribution in [0.2, 0.25) is 0 Å². The van der Waals surface area contributed by atoms with Crippen molar-refractivity contribution >= 4 is 5.91 Å². The molecular weight excluding hydrogens is 176 g/mol. The third-order valence-corrected chi connectivity index (χ3v) is 1.62. The summed E-state index contributed by atoms with van der Waals surface area (Å²) in [5.74, 6) is -0.806. The summed E-state index contributed by atoms with van der Waals surface area (Å²) in [5.41, 5.74) is 3.34. The van der Waals surface area contributed by atoms with Gasteiger partial charge in [-0.2, -0.15) is 0 Å². The normalized spacial score (nSPS) is 11.0. The first-order chi connectivity index (χ1) is 6.01. The third-order valence-electron chi connectivity index (χ3n) is 1.62. The summed E-state index contributed by atoms with van der Waals surface area (Å²) in [6.07, 6.45) is 0. The quantitative estimate of drug-likeness (QED) is 0.292. The first kappa shape index (κ1) is 11.9. The molecule has 0 saturated heterocycles. The maximum Gasteiger partial charge on any atom is 0.264 e. The molecule has 0 atom stereocenters. The molecule has 0 aromatic heterocycles. The van der Waals surface area contributed by atoms with E-state index >= 15 is 0 Å². The first-order valence-corrected chi connectivity index (χ1v) is 3.61. The van der Waals surface area contributed by atoms with E-state index in [9.17, 15) is 4.79 Å². The van der Waals surface area contributed by atoms with Gasteiger partial charge in [-0.25, -0.2) is 0 Å². The molecule has 0 rings (SSSR count). The molecule has 0 bridgehead atoms. The van der Waals surface area contributed by atoms with E-state index in [1.54, 1.807) is 0 Å². The fourth-order valence-corrected chi connectivity index (χ4v) is 0.650. The predicted molar refractivity (Wildman–Crippen MR) is 45.5 cm³/mol. The molecule has 0 aromatic carbocycles. The average molecular weight is 190 g/mol. The highest BCUT2D eigenvalue weighted by atomic mass is 16.3. The van der Waals surface area contributed by atoms with Gasteiger partial charge in [0.15, 0.2) is 0 Å². The fourth-order valence-electron chi connectivity index (χ4n) is 0.650. The van der Waals surface area contributed by atoms with Crippen LogP contribution in [0.25, 0.3) is 0 Å². The summed E-state index contributed by atoms with van der Waals surface area (Å²) in [6.45, 7) is 1.66. The van der Waals surface area contributed by atoms with E-state index in [-0.39, 0.29) is 5.70 Å². The minimum atomic E-state index is -1.36. The Morgan fingerprint density at radius 2 is 1.69 bits per heavy atom. The van der Waals surface area contributed by atoms with Crippen molar-refractivity contribution in [1.29, 1.82) is 0 Å². The number of amides is 1. The molecule has 0 saturated carbocycles. The van der Waals surface area contributed by atoms with Crippen LogP contribution in [0.1, 0.15) is 0 Å². The maximum absolute atomic E-state index is 10.5. The van der Waals surface area contributed by atoms with Crippen molar-refractivity contribution in [3.05, 3.63) is 12.3 Å². The third kappa shape index (κ3) is 3.02. The van der Waals surface area contributed by atoms with E-state index in [1.807, 2.05) is 0 Å². The van der Waals surface area contributed by atoms with E-state index in [4.69, 9.17) is 21.1 Å². The van der Waals surface area contributed by atoms with Crippen LogP contribution in [0.15, 0.2) is 12.3 Å². The maximum atomic E-state index is 10.5. The lowest BCUT2D eigenvalue weighted by Gasteiger charge is -2.29. The van der Waals surface area contributed by atoms with Gasteiger partial charge in [-0.3, -0.25) is 4.79 Å². The van der Waals surface area contributed by atoms with Gasteiger partial charge in [0.2, 0.25) is 0 Å². The van der Waals surface area contributed by atoms with Crippen LogP contribution in [0.5, 0.6) is 0 Å². The number of carbonyl (C=O) groups excluding carboxylic acids is 1. The zero-order valence-corrected chi connectivity index (χ0v) is 7.16. The zero-order chi connectivity index (χ0) is 10.5. The molecule has 6 nitrogen and oxygen atoms in total. The number of aliphatic hydroxyl groups is 3. The van der Waals surface area contributed by atoms with Crippen LogP contribution in [0.4, 0.5) is 0 Å². The molecule has 0 fully saturated rings. The summed E-state index contributed by atoms with van der Waals surface area (Å²) in [5, 5.41) is 28.9. The molecule has 13 heavy (non-hydrogen) atoms. The summed E-state index contributed by atoms with van der Waals surface area (Å²) < 4.78 is 0. The molecule has 76 valence electrons. The Labute approximate surface area is 75.7 Å². The second-order valence-corrected chi connectivity index (χ2v) is 2.72.